The Morgan fingerprint density at radius 2 is 2.00 bits per heavy atom. The summed E-state index contributed by atoms with van der Waals surface area (Å²) in [7, 11) is 0. The molecule has 0 unspecified atom stereocenters. The lowest BCUT2D eigenvalue weighted by Gasteiger charge is -2.02. The molecule has 0 aliphatic heterocycles. The molecule has 0 aliphatic carbocycles. The van der Waals surface area contributed by atoms with Gasteiger partial charge in [0.15, 0.2) is 0 Å². The van der Waals surface area contributed by atoms with Crippen molar-refractivity contribution in [1.82, 2.24) is 9.78 Å². The van der Waals surface area contributed by atoms with E-state index in [0.29, 0.717) is 6.54 Å². The van der Waals surface area contributed by atoms with Crippen LogP contribution < -0.4 is 5.73 Å². The van der Waals surface area contributed by atoms with Gasteiger partial charge in [0.25, 0.3) is 0 Å². The maximum Gasteiger partial charge on any atom is 0.0671 e. The molecule has 0 saturated carbocycles. The van der Waals surface area contributed by atoms with Crippen LogP contribution >= 0.6 is 0 Å². The molecule has 90 valence electrons. The van der Waals surface area contributed by atoms with Gasteiger partial charge in [0, 0.05) is 18.7 Å². The van der Waals surface area contributed by atoms with Crippen molar-refractivity contribution in [3.8, 4) is 0 Å². The van der Waals surface area contributed by atoms with Crippen LogP contribution in [0.5, 0.6) is 0 Å². The summed E-state index contributed by atoms with van der Waals surface area (Å²) in [6.07, 6.45) is 1.90. The molecule has 0 bridgehead atoms. The number of aromatic nitrogens is 2. The SMILES string of the molecule is CCc1cc(Cc2ccccc2)nn1CCN. The van der Waals surface area contributed by atoms with Crippen molar-refractivity contribution in [3.63, 3.8) is 0 Å². The molecule has 0 aliphatic rings. The van der Waals surface area contributed by atoms with Gasteiger partial charge in [0.2, 0.25) is 0 Å². The lowest BCUT2D eigenvalue weighted by Crippen LogP contribution is -2.13. The predicted octanol–water partition coefficient (Wildman–Crippen LogP) is 1.99. The molecule has 0 amide bonds. The van der Waals surface area contributed by atoms with Gasteiger partial charge in [0.05, 0.1) is 12.2 Å². The first kappa shape index (κ1) is 11.9. The van der Waals surface area contributed by atoms with Crippen LogP contribution in [0.3, 0.4) is 0 Å². The van der Waals surface area contributed by atoms with Gasteiger partial charge < -0.3 is 5.73 Å². The fourth-order valence-corrected chi connectivity index (χ4v) is 2.01. The smallest absolute Gasteiger partial charge is 0.0671 e. The summed E-state index contributed by atoms with van der Waals surface area (Å²) in [5, 5.41) is 4.60. The highest BCUT2D eigenvalue weighted by Crippen LogP contribution is 2.11. The van der Waals surface area contributed by atoms with E-state index in [9.17, 15) is 0 Å². The summed E-state index contributed by atoms with van der Waals surface area (Å²) >= 11 is 0. The average molecular weight is 229 g/mol. The van der Waals surface area contributed by atoms with E-state index < -0.39 is 0 Å². The second-order valence-electron chi connectivity index (χ2n) is 4.15. The van der Waals surface area contributed by atoms with E-state index in [2.05, 4.69) is 42.4 Å². The first-order valence-corrected chi connectivity index (χ1v) is 6.13. The van der Waals surface area contributed by atoms with Gasteiger partial charge in [-0.3, -0.25) is 4.68 Å². The molecule has 0 atom stereocenters. The van der Waals surface area contributed by atoms with E-state index in [0.717, 1.165) is 25.1 Å². The van der Waals surface area contributed by atoms with Gasteiger partial charge >= 0.3 is 0 Å². The molecule has 0 saturated heterocycles. The van der Waals surface area contributed by atoms with Crippen molar-refractivity contribution in [2.45, 2.75) is 26.3 Å². The molecule has 3 heteroatoms. The summed E-state index contributed by atoms with van der Waals surface area (Å²) in [5.41, 5.74) is 9.28. The lowest BCUT2D eigenvalue weighted by atomic mass is 10.1. The Morgan fingerprint density at radius 1 is 1.24 bits per heavy atom. The third kappa shape index (κ3) is 2.94. The van der Waals surface area contributed by atoms with Crippen LogP contribution in [0.15, 0.2) is 36.4 Å². The molecule has 0 radical (unpaired) electrons. The Balaban J connectivity index is 2.16. The number of rotatable bonds is 5. The molecule has 0 spiro atoms. The number of hydrogen-bond acceptors (Lipinski definition) is 2. The van der Waals surface area contributed by atoms with E-state index in [4.69, 9.17) is 5.73 Å². The Bertz CT molecular complexity index is 460. The van der Waals surface area contributed by atoms with E-state index in [1.165, 1.54) is 11.3 Å². The second-order valence-corrected chi connectivity index (χ2v) is 4.15. The normalized spacial score (nSPS) is 10.7. The number of nitrogens with zero attached hydrogens (tertiary/aromatic N) is 2. The molecule has 2 aromatic rings. The van der Waals surface area contributed by atoms with Gasteiger partial charge in [-0.15, -0.1) is 0 Å². The summed E-state index contributed by atoms with van der Waals surface area (Å²) in [6, 6.07) is 12.6. The van der Waals surface area contributed by atoms with Crippen LogP contribution in [0.4, 0.5) is 0 Å². The maximum atomic E-state index is 5.59. The largest absolute Gasteiger partial charge is 0.329 e. The van der Waals surface area contributed by atoms with Gasteiger partial charge in [-0.2, -0.15) is 5.10 Å². The van der Waals surface area contributed by atoms with E-state index in [1.54, 1.807) is 0 Å². The molecular weight excluding hydrogens is 210 g/mol. The second kappa shape index (κ2) is 5.64. The van der Waals surface area contributed by atoms with Crippen molar-refractivity contribution in [1.29, 1.82) is 0 Å². The highest BCUT2D eigenvalue weighted by molar-refractivity contribution is 5.22. The van der Waals surface area contributed by atoms with Gasteiger partial charge in [-0.1, -0.05) is 37.3 Å². The molecule has 0 fully saturated rings. The summed E-state index contributed by atoms with van der Waals surface area (Å²) in [4.78, 5) is 0. The predicted molar refractivity (Wildman–Crippen MR) is 69.9 cm³/mol. The molecule has 1 heterocycles. The van der Waals surface area contributed by atoms with Crippen molar-refractivity contribution >= 4 is 0 Å². The van der Waals surface area contributed by atoms with Crippen LogP contribution in [0.2, 0.25) is 0 Å². The van der Waals surface area contributed by atoms with E-state index >= 15 is 0 Å². The quantitative estimate of drug-likeness (QED) is 0.852. The van der Waals surface area contributed by atoms with Crippen LogP contribution in [0.25, 0.3) is 0 Å². The van der Waals surface area contributed by atoms with Crippen LogP contribution in [0.1, 0.15) is 23.9 Å². The maximum absolute atomic E-state index is 5.59. The van der Waals surface area contributed by atoms with Gasteiger partial charge in [-0.05, 0) is 18.1 Å². The molecule has 2 N–H and O–H groups in total. The van der Waals surface area contributed by atoms with E-state index in [-0.39, 0.29) is 0 Å². The summed E-state index contributed by atoms with van der Waals surface area (Å²) < 4.78 is 2.03. The molecule has 1 aromatic heterocycles. The van der Waals surface area contributed by atoms with Crippen LogP contribution in [-0.2, 0) is 19.4 Å². The zero-order valence-electron chi connectivity index (χ0n) is 10.3. The van der Waals surface area contributed by atoms with Crippen molar-refractivity contribution in [2.75, 3.05) is 6.54 Å². The Kier molecular flexibility index (Phi) is 3.94. The highest BCUT2D eigenvalue weighted by atomic mass is 15.3. The van der Waals surface area contributed by atoms with Crippen molar-refractivity contribution in [3.05, 3.63) is 53.3 Å². The van der Waals surface area contributed by atoms with Gasteiger partial charge in [-0.25, -0.2) is 0 Å². The minimum absolute atomic E-state index is 0.638. The monoisotopic (exact) mass is 229 g/mol. The fraction of sp³-hybridized carbons (Fsp3) is 0.357. The molecule has 3 nitrogen and oxygen atoms in total. The Labute approximate surface area is 102 Å². The standard InChI is InChI=1S/C14H19N3/c1-2-14-11-13(16-17(14)9-8-15)10-12-6-4-3-5-7-12/h3-7,11H,2,8-10,15H2,1H3. The third-order valence-electron chi connectivity index (χ3n) is 2.85. The number of benzene rings is 1. The van der Waals surface area contributed by atoms with Crippen molar-refractivity contribution in [2.24, 2.45) is 5.73 Å². The third-order valence-corrected chi connectivity index (χ3v) is 2.85. The zero-order chi connectivity index (χ0) is 12.1. The van der Waals surface area contributed by atoms with Crippen LogP contribution in [0, 0.1) is 0 Å². The number of hydrogen-bond donors (Lipinski definition) is 1. The first-order chi connectivity index (χ1) is 8.33. The van der Waals surface area contributed by atoms with Gasteiger partial charge in [0.1, 0.15) is 0 Å². The Morgan fingerprint density at radius 3 is 2.65 bits per heavy atom. The topological polar surface area (TPSA) is 43.8 Å². The lowest BCUT2D eigenvalue weighted by molar-refractivity contribution is 0.591. The minimum atomic E-state index is 0.638. The minimum Gasteiger partial charge on any atom is -0.329 e. The highest BCUT2D eigenvalue weighted by Gasteiger charge is 2.06. The van der Waals surface area contributed by atoms with Crippen LogP contribution in [-0.4, -0.2) is 16.3 Å². The number of nitrogens with two attached hydrogens (primary N) is 1. The van der Waals surface area contributed by atoms with Crippen molar-refractivity contribution < 1.29 is 0 Å². The molecular formula is C14H19N3. The summed E-state index contributed by atoms with van der Waals surface area (Å²) in [5.74, 6) is 0. The number of aryl methyl sites for hydroxylation is 1. The zero-order valence-corrected chi connectivity index (χ0v) is 10.3. The van der Waals surface area contributed by atoms with E-state index in [1.807, 2.05) is 10.7 Å². The Hall–Kier alpha value is -1.61. The first-order valence-electron chi connectivity index (χ1n) is 6.13. The summed E-state index contributed by atoms with van der Waals surface area (Å²) in [6.45, 7) is 3.59. The fourth-order valence-electron chi connectivity index (χ4n) is 2.01. The molecule has 2 rings (SSSR count). The molecule has 17 heavy (non-hydrogen) atoms. The molecule has 1 aromatic carbocycles. The average Bonchev–Trinajstić information content (AvgIpc) is 2.73.